The molecule has 49 heavy (non-hydrogen) atoms. The standard InChI is InChI=1S/C37H44N6O6/c1-25(2)34(43-37(47)49-24-31-22-39-26(3)20-40-31)35(45)41-30(17-27-11-6-4-7-12-27)19-33(44)32(18-28-13-8-5-9-14-28)42-36(46)48-23-29-15-10-16-38-21-29/h4-16,20-22,25,30,32-34,44H,17-19,23-24H2,1-3H3,(H,41,45)(H,42,46)(H,43,47)/t30-,32-,33-,34-/m0/s1. The maximum absolute atomic E-state index is 13.7. The second-order valence-electron chi connectivity index (χ2n) is 12.2. The van der Waals surface area contributed by atoms with Crippen LogP contribution >= 0.6 is 0 Å². The molecule has 4 N–H and O–H groups in total. The Morgan fingerprint density at radius 1 is 0.735 bits per heavy atom. The molecule has 4 atom stereocenters. The number of alkyl carbamates (subject to hydrolysis) is 2. The Labute approximate surface area is 286 Å². The lowest BCUT2D eigenvalue weighted by molar-refractivity contribution is -0.125. The Bertz CT molecular complexity index is 1590. The third-order valence-electron chi connectivity index (χ3n) is 7.76. The van der Waals surface area contributed by atoms with Crippen LogP contribution in [0.25, 0.3) is 0 Å². The second kappa shape index (κ2) is 18.8. The van der Waals surface area contributed by atoms with E-state index in [1.165, 1.54) is 6.20 Å². The lowest BCUT2D eigenvalue weighted by atomic mass is 9.93. The molecule has 0 unspecified atom stereocenters. The number of nitrogens with one attached hydrogen (secondary N) is 3. The minimum atomic E-state index is -1.08. The molecule has 2 heterocycles. The Morgan fingerprint density at radius 3 is 1.98 bits per heavy atom. The zero-order valence-electron chi connectivity index (χ0n) is 28.0. The summed E-state index contributed by atoms with van der Waals surface area (Å²) in [5.41, 5.74) is 3.79. The molecule has 0 aliphatic rings. The lowest BCUT2D eigenvalue weighted by Crippen LogP contribution is -2.54. The van der Waals surface area contributed by atoms with Crippen molar-refractivity contribution >= 4 is 18.1 Å². The molecule has 0 saturated heterocycles. The van der Waals surface area contributed by atoms with Gasteiger partial charge in [0.1, 0.15) is 19.3 Å². The van der Waals surface area contributed by atoms with Gasteiger partial charge in [-0.2, -0.15) is 0 Å². The molecule has 4 rings (SSSR count). The molecule has 0 aliphatic heterocycles. The van der Waals surface area contributed by atoms with Crippen LogP contribution in [-0.4, -0.2) is 62.4 Å². The number of ether oxygens (including phenoxy) is 2. The smallest absolute Gasteiger partial charge is 0.408 e. The highest BCUT2D eigenvalue weighted by molar-refractivity contribution is 5.86. The van der Waals surface area contributed by atoms with Crippen LogP contribution < -0.4 is 16.0 Å². The topological polar surface area (TPSA) is 165 Å². The highest BCUT2D eigenvalue weighted by atomic mass is 16.6. The van der Waals surface area contributed by atoms with Crippen LogP contribution in [0.4, 0.5) is 9.59 Å². The van der Waals surface area contributed by atoms with Crippen molar-refractivity contribution in [2.24, 2.45) is 5.92 Å². The normalized spacial score (nSPS) is 13.4. The van der Waals surface area contributed by atoms with E-state index in [2.05, 4.69) is 30.9 Å². The van der Waals surface area contributed by atoms with Gasteiger partial charge in [-0.25, -0.2) is 9.59 Å². The lowest BCUT2D eigenvalue weighted by Gasteiger charge is -2.30. The maximum atomic E-state index is 13.7. The third kappa shape index (κ3) is 12.6. The molecular formula is C37H44N6O6. The van der Waals surface area contributed by atoms with E-state index in [4.69, 9.17) is 9.47 Å². The van der Waals surface area contributed by atoms with Gasteiger partial charge < -0.3 is 30.5 Å². The number of hydrogen-bond donors (Lipinski definition) is 4. The summed E-state index contributed by atoms with van der Waals surface area (Å²) in [7, 11) is 0. The minimum absolute atomic E-state index is 0.0188. The molecule has 0 radical (unpaired) electrons. The summed E-state index contributed by atoms with van der Waals surface area (Å²) in [5, 5.41) is 20.2. The molecule has 12 heteroatoms. The zero-order valence-corrected chi connectivity index (χ0v) is 28.0. The predicted octanol–water partition coefficient (Wildman–Crippen LogP) is 4.45. The van der Waals surface area contributed by atoms with Gasteiger partial charge in [-0.3, -0.25) is 19.7 Å². The number of aliphatic hydroxyl groups is 1. The molecule has 2 aromatic carbocycles. The van der Waals surface area contributed by atoms with Crippen LogP contribution in [0.2, 0.25) is 0 Å². The molecule has 0 spiro atoms. The van der Waals surface area contributed by atoms with E-state index < -0.39 is 42.3 Å². The van der Waals surface area contributed by atoms with E-state index in [-0.39, 0.29) is 25.6 Å². The van der Waals surface area contributed by atoms with Crippen molar-refractivity contribution in [3.05, 3.63) is 126 Å². The molecule has 0 bridgehead atoms. The molecule has 4 aromatic rings. The number of hydrogen-bond acceptors (Lipinski definition) is 9. The van der Waals surface area contributed by atoms with Gasteiger partial charge >= 0.3 is 12.2 Å². The summed E-state index contributed by atoms with van der Waals surface area (Å²) in [6.07, 6.45) is 4.63. The summed E-state index contributed by atoms with van der Waals surface area (Å²) < 4.78 is 10.7. The molecule has 258 valence electrons. The Balaban J connectivity index is 1.45. The molecule has 0 saturated carbocycles. The maximum Gasteiger partial charge on any atom is 0.408 e. The molecule has 3 amide bonds. The number of rotatable bonds is 16. The van der Waals surface area contributed by atoms with Crippen molar-refractivity contribution in [3.8, 4) is 0 Å². The van der Waals surface area contributed by atoms with Gasteiger partial charge in [-0.15, -0.1) is 0 Å². The minimum Gasteiger partial charge on any atom is -0.445 e. The molecule has 12 nitrogen and oxygen atoms in total. The molecule has 0 aliphatic carbocycles. The number of aromatic nitrogens is 3. The van der Waals surface area contributed by atoms with E-state index >= 15 is 0 Å². The van der Waals surface area contributed by atoms with Crippen molar-refractivity contribution < 1.29 is 29.0 Å². The number of carbonyl (C=O) groups excluding carboxylic acids is 3. The van der Waals surface area contributed by atoms with Crippen molar-refractivity contribution in [1.29, 1.82) is 0 Å². The fraction of sp³-hybridized carbons (Fsp3) is 0.351. The van der Waals surface area contributed by atoms with E-state index in [0.29, 0.717) is 18.5 Å². The van der Waals surface area contributed by atoms with Gasteiger partial charge in [0.25, 0.3) is 0 Å². The van der Waals surface area contributed by atoms with Crippen LogP contribution in [0.3, 0.4) is 0 Å². The van der Waals surface area contributed by atoms with Gasteiger partial charge in [0.05, 0.1) is 29.7 Å². The fourth-order valence-corrected chi connectivity index (χ4v) is 5.15. The fourth-order valence-electron chi connectivity index (χ4n) is 5.15. The number of pyridine rings is 1. The van der Waals surface area contributed by atoms with Crippen molar-refractivity contribution in [1.82, 2.24) is 30.9 Å². The predicted molar refractivity (Wildman–Crippen MR) is 183 cm³/mol. The largest absolute Gasteiger partial charge is 0.445 e. The van der Waals surface area contributed by atoms with Crippen molar-refractivity contribution in [2.75, 3.05) is 0 Å². The first-order valence-corrected chi connectivity index (χ1v) is 16.3. The molecule has 2 aromatic heterocycles. The summed E-state index contributed by atoms with van der Waals surface area (Å²) in [6, 6.07) is 20.4. The second-order valence-corrected chi connectivity index (χ2v) is 12.2. The van der Waals surface area contributed by atoms with E-state index in [0.717, 1.165) is 22.4 Å². The Morgan fingerprint density at radius 2 is 1.37 bits per heavy atom. The zero-order chi connectivity index (χ0) is 35.0. The Kier molecular flexibility index (Phi) is 14.0. The van der Waals surface area contributed by atoms with Crippen LogP contribution in [0.1, 0.15) is 48.3 Å². The number of benzene rings is 2. The van der Waals surface area contributed by atoms with Crippen molar-refractivity contribution in [3.63, 3.8) is 0 Å². The summed E-state index contributed by atoms with van der Waals surface area (Å²) in [4.78, 5) is 51.7. The van der Waals surface area contributed by atoms with E-state index in [9.17, 15) is 19.5 Å². The van der Waals surface area contributed by atoms with Gasteiger partial charge in [0, 0.05) is 30.2 Å². The average molecular weight is 669 g/mol. The van der Waals surface area contributed by atoms with Gasteiger partial charge in [0.15, 0.2) is 0 Å². The van der Waals surface area contributed by atoms with Crippen LogP contribution in [0.5, 0.6) is 0 Å². The molecule has 0 fully saturated rings. The van der Waals surface area contributed by atoms with Gasteiger partial charge in [-0.05, 0) is 49.3 Å². The van der Waals surface area contributed by atoms with Gasteiger partial charge in [0.2, 0.25) is 5.91 Å². The summed E-state index contributed by atoms with van der Waals surface area (Å²) >= 11 is 0. The first-order chi connectivity index (χ1) is 23.7. The van der Waals surface area contributed by atoms with Crippen molar-refractivity contribution in [2.45, 2.75) is 77.5 Å². The van der Waals surface area contributed by atoms with Crippen LogP contribution in [0.15, 0.2) is 97.6 Å². The third-order valence-corrected chi connectivity index (χ3v) is 7.76. The number of aryl methyl sites for hydroxylation is 1. The SMILES string of the molecule is Cc1cnc(COC(=O)N[C@H](C(=O)N[C@@H](Cc2ccccc2)C[C@H](O)[C@H](Cc2ccccc2)NC(=O)OCc2cccnc2)C(C)C)cn1. The number of carbonyl (C=O) groups is 3. The average Bonchev–Trinajstić information content (AvgIpc) is 3.10. The number of nitrogens with zero attached hydrogens (tertiary/aromatic N) is 3. The van der Waals surface area contributed by atoms with E-state index in [1.54, 1.807) is 37.6 Å². The quantitative estimate of drug-likeness (QED) is 0.135. The summed E-state index contributed by atoms with van der Waals surface area (Å²) in [6.45, 7) is 5.35. The number of aliphatic hydroxyl groups excluding tert-OH is 1. The number of amides is 3. The summed E-state index contributed by atoms with van der Waals surface area (Å²) in [5.74, 6) is -0.713. The first kappa shape index (κ1) is 36.5. The van der Waals surface area contributed by atoms with Crippen LogP contribution in [0, 0.1) is 12.8 Å². The highest BCUT2D eigenvalue weighted by Gasteiger charge is 2.30. The highest BCUT2D eigenvalue weighted by Crippen LogP contribution is 2.16. The first-order valence-electron chi connectivity index (χ1n) is 16.3. The Hall–Kier alpha value is -5.36. The molecular weight excluding hydrogens is 624 g/mol. The van der Waals surface area contributed by atoms with Gasteiger partial charge in [-0.1, -0.05) is 80.6 Å². The van der Waals surface area contributed by atoms with E-state index in [1.807, 2.05) is 74.5 Å². The monoisotopic (exact) mass is 668 g/mol. The van der Waals surface area contributed by atoms with Crippen LogP contribution in [-0.2, 0) is 40.3 Å².